The molecular formula is C19H22ClN5O4S2. The van der Waals surface area contributed by atoms with Gasteiger partial charge in [0.2, 0.25) is 16.0 Å². The molecule has 2 unspecified atom stereocenters. The topological polar surface area (TPSA) is 127 Å². The molecule has 0 spiro atoms. The first-order chi connectivity index (χ1) is 14.7. The van der Waals surface area contributed by atoms with Crippen molar-refractivity contribution < 1.29 is 17.9 Å². The molecule has 2 atom stereocenters. The molecule has 0 bridgehead atoms. The normalized spacial score (nSPS) is 24.9. The lowest BCUT2D eigenvalue weighted by Gasteiger charge is -2.45. The Morgan fingerprint density at radius 3 is 3.00 bits per heavy atom. The Labute approximate surface area is 189 Å². The molecular weight excluding hydrogens is 462 g/mol. The van der Waals surface area contributed by atoms with Crippen LogP contribution < -0.4 is 11.1 Å². The number of thiophene rings is 1. The fourth-order valence-corrected chi connectivity index (χ4v) is 7.26. The number of hydrogen-bond acceptors (Lipinski definition) is 8. The van der Waals surface area contributed by atoms with Crippen LogP contribution in [0, 0.1) is 0 Å². The van der Waals surface area contributed by atoms with Crippen molar-refractivity contribution in [1.29, 1.82) is 0 Å². The van der Waals surface area contributed by atoms with Gasteiger partial charge in [0.15, 0.2) is 0 Å². The number of aryl methyl sites for hydroxylation is 1. The second-order valence-corrected chi connectivity index (χ2v) is 11.0. The van der Waals surface area contributed by atoms with Crippen molar-refractivity contribution in [1.82, 2.24) is 9.29 Å². The first-order valence-electron chi connectivity index (χ1n) is 9.67. The summed E-state index contributed by atoms with van der Waals surface area (Å²) in [5, 5.41) is 2.12. The van der Waals surface area contributed by atoms with Gasteiger partial charge >= 0.3 is 0 Å². The number of carbonyl (C=O) groups excluding carboxylic acids is 1. The van der Waals surface area contributed by atoms with Crippen LogP contribution in [-0.4, -0.2) is 55.1 Å². The molecule has 2 aromatic heterocycles. The average Bonchev–Trinajstić information content (AvgIpc) is 3.15. The zero-order valence-corrected chi connectivity index (χ0v) is 19.4. The number of hydrogen-bond donors (Lipinski definition) is 2. The minimum Gasteiger partial charge on any atom is -0.378 e. The highest BCUT2D eigenvalue weighted by Gasteiger charge is 2.56. The van der Waals surface area contributed by atoms with E-state index in [0.29, 0.717) is 15.6 Å². The number of nitrogens with two attached hydrogens (primary N) is 1. The minimum atomic E-state index is -3.77. The van der Waals surface area contributed by atoms with Crippen LogP contribution in [0.3, 0.4) is 0 Å². The van der Waals surface area contributed by atoms with E-state index in [1.807, 2.05) is 19.1 Å². The third-order valence-electron chi connectivity index (χ3n) is 5.47. The van der Waals surface area contributed by atoms with Crippen LogP contribution in [0.4, 0.5) is 5.82 Å². The van der Waals surface area contributed by atoms with E-state index < -0.39 is 26.7 Å². The highest BCUT2D eigenvalue weighted by atomic mass is 35.5. The Morgan fingerprint density at radius 2 is 2.26 bits per heavy atom. The maximum Gasteiger partial charge on any atom is 0.266 e. The lowest BCUT2D eigenvalue weighted by Crippen LogP contribution is -2.60. The van der Waals surface area contributed by atoms with Gasteiger partial charge in [-0.1, -0.05) is 24.6 Å². The highest BCUT2D eigenvalue weighted by Crippen LogP contribution is 2.48. The predicted octanol–water partition coefficient (Wildman–Crippen LogP) is 2.19. The zero-order valence-electron chi connectivity index (χ0n) is 17.0. The average molecular weight is 484 g/mol. The van der Waals surface area contributed by atoms with Gasteiger partial charge in [0.25, 0.3) is 5.91 Å². The number of halogens is 1. The summed E-state index contributed by atoms with van der Waals surface area (Å²) in [5.74, 6) is -0.106. The SMILES string of the molecule is CCc1cccc(NC(=O)c2cc(Cl)c(C34COCCC3S(=O)(=O)N(C)C(N)=N4)s2)n1. The number of carbonyl (C=O) groups is 1. The summed E-state index contributed by atoms with van der Waals surface area (Å²) in [6, 6.07) is 6.90. The molecule has 2 aliphatic rings. The van der Waals surface area contributed by atoms with Crippen LogP contribution in [0.5, 0.6) is 0 Å². The van der Waals surface area contributed by atoms with Crippen molar-refractivity contribution in [2.75, 3.05) is 25.6 Å². The number of pyridine rings is 1. The van der Waals surface area contributed by atoms with Gasteiger partial charge in [-0.3, -0.25) is 4.79 Å². The van der Waals surface area contributed by atoms with Crippen molar-refractivity contribution in [3.05, 3.63) is 44.7 Å². The molecule has 0 aliphatic carbocycles. The van der Waals surface area contributed by atoms with Gasteiger partial charge in [-0.2, -0.15) is 0 Å². The molecule has 1 fully saturated rings. The summed E-state index contributed by atoms with van der Waals surface area (Å²) in [6.07, 6.45) is 0.984. The number of anilines is 1. The number of aromatic nitrogens is 1. The molecule has 2 aliphatic heterocycles. The molecule has 0 aromatic carbocycles. The molecule has 0 radical (unpaired) electrons. The Balaban J connectivity index is 1.73. The summed E-state index contributed by atoms with van der Waals surface area (Å²) in [7, 11) is -2.39. The molecule has 166 valence electrons. The summed E-state index contributed by atoms with van der Waals surface area (Å²) in [6.45, 7) is 2.26. The van der Waals surface area contributed by atoms with Gasteiger partial charge in [0, 0.05) is 19.3 Å². The molecule has 2 aromatic rings. The van der Waals surface area contributed by atoms with Crippen molar-refractivity contribution in [3.8, 4) is 0 Å². The number of ether oxygens (including phenoxy) is 1. The fraction of sp³-hybridized carbons (Fsp3) is 0.421. The van der Waals surface area contributed by atoms with E-state index in [0.717, 1.165) is 27.8 Å². The number of amides is 1. The summed E-state index contributed by atoms with van der Waals surface area (Å²) >= 11 is 7.59. The van der Waals surface area contributed by atoms with Crippen molar-refractivity contribution in [2.24, 2.45) is 10.7 Å². The number of sulfonamides is 1. The van der Waals surface area contributed by atoms with E-state index in [1.165, 1.54) is 13.1 Å². The first kappa shape index (κ1) is 22.0. The summed E-state index contributed by atoms with van der Waals surface area (Å²) < 4.78 is 32.7. The van der Waals surface area contributed by atoms with Crippen LogP contribution in [0.15, 0.2) is 29.3 Å². The van der Waals surface area contributed by atoms with E-state index in [1.54, 1.807) is 6.07 Å². The molecule has 1 amide bonds. The number of fused-ring (bicyclic) bond motifs is 1. The van der Waals surface area contributed by atoms with E-state index in [2.05, 4.69) is 15.3 Å². The third kappa shape index (κ3) is 3.69. The largest absolute Gasteiger partial charge is 0.378 e. The smallest absolute Gasteiger partial charge is 0.266 e. The van der Waals surface area contributed by atoms with E-state index in [-0.39, 0.29) is 30.6 Å². The van der Waals surface area contributed by atoms with Crippen LogP contribution in [0.1, 0.15) is 33.6 Å². The van der Waals surface area contributed by atoms with Crippen LogP contribution in [-0.2, 0) is 26.7 Å². The van der Waals surface area contributed by atoms with Crippen LogP contribution >= 0.6 is 22.9 Å². The maximum atomic E-state index is 13.1. The van der Waals surface area contributed by atoms with E-state index in [9.17, 15) is 13.2 Å². The summed E-state index contributed by atoms with van der Waals surface area (Å²) in [4.78, 5) is 22.5. The Hall–Kier alpha value is -2.21. The van der Waals surface area contributed by atoms with Gasteiger partial charge < -0.3 is 15.8 Å². The Kier molecular flexibility index (Phi) is 5.71. The Bertz CT molecular complexity index is 1170. The lowest BCUT2D eigenvalue weighted by molar-refractivity contribution is 0.0390. The van der Waals surface area contributed by atoms with Crippen molar-refractivity contribution >= 4 is 50.6 Å². The fourth-order valence-electron chi connectivity index (χ4n) is 3.81. The molecule has 12 heteroatoms. The number of nitrogens with zero attached hydrogens (tertiary/aromatic N) is 3. The number of rotatable bonds is 4. The van der Waals surface area contributed by atoms with Gasteiger partial charge in [-0.25, -0.2) is 22.7 Å². The summed E-state index contributed by atoms with van der Waals surface area (Å²) in [5.41, 5.74) is 5.50. The highest BCUT2D eigenvalue weighted by molar-refractivity contribution is 7.90. The number of nitrogens with one attached hydrogen (secondary N) is 1. The van der Waals surface area contributed by atoms with E-state index >= 15 is 0 Å². The van der Waals surface area contributed by atoms with Gasteiger partial charge in [0.05, 0.1) is 21.4 Å². The molecule has 0 saturated carbocycles. The first-order valence-corrected chi connectivity index (χ1v) is 12.4. The quantitative estimate of drug-likeness (QED) is 0.686. The monoisotopic (exact) mass is 483 g/mol. The van der Waals surface area contributed by atoms with Gasteiger partial charge in [-0.05, 0) is 31.0 Å². The van der Waals surface area contributed by atoms with Gasteiger partial charge in [-0.15, -0.1) is 11.3 Å². The molecule has 4 rings (SSSR count). The Morgan fingerprint density at radius 1 is 1.48 bits per heavy atom. The van der Waals surface area contributed by atoms with Crippen molar-refractivity contribution in [3.63, 3.8) is 0 Å². The number of aliphatic imine (C=N–C) groups is 1. The maximum absolute atomic E-state index is 13.1. The zero-order chi connectivity index (χ0) is 22.4. The standard InChI is InChI=1S/C19H22ClN5O4S2/c1-3-11-5-4-6-15(22-11)23-17(26)13-9-12(20)16(30-13)19-10-29-8-7-14(19)31(27,28)25(2)18(21)24-19/h4-6,9,14H,3,7-8,10H2,1-2H3,(H2,21,24)(H,22,23,26). The second kappa shape index (κ2) is 8.05. The second-order valence-electron chi connectivity index (χ2n) is 7.35. The molecule has 31 heavy (non-hydrogen) atoms. The van der Waals surface area contributed by atoms with Gasteiger partial charge in [0.1, 0.15) is 16.6 Å². The molecule has 9 nitrogen and oxygen atoms in total. The van der Waals surface area contributed by atoms with Crippen LogP contribution in [0.25, 0.3) is 0 Å². The third-order valence-corrected chi connectivity index (χ3v) is 9.48. The van der Waals surface area contributed by atoms with E-state index in [4.69, 9.17) is 22.1 Å². The predicted molar refractivity (Wildman–Crippen MR) is 120 cm³/mol. The molecule has 4 heterocycles. The molecule has 1 saturated heterocycles. The minimum absolute atomic E-state index is 0.00678. The molecule has 3 N–H and O–H groups in total. The van der Waals surface area contributed by atoms with Crippen LogP contribution in [0.2, 0.25) is 5.02 Å². The lowest BCUT2D eigenvalue weighted by atomic mass is 9.90. The number of guanidine groups is 1. The van der Waals surface area contributed by atoms with Crippen molar-refractivity contribution in [2.45, 2.75) is 30.6 Å².